The first kappa shape index (κ1) is 28.2. The molecule has 1 unspecified atom stereocenters. The Morgan fingerprint density at radius 1 is 0.976 bits per heavy atom. The van der Waals surface area contributed by atoms with Crippen molar-refractivity contribution in [2.24, 2.45) is 5.92 Å². The van der Waals surface area contributed by atoms with Crippen molar-refractivity contribution in [3.63, 3.8) is 0 Å². The molecule has 216 valence electrons. The van der Waals surface area contributed by atoms with Crippen molar-refractivity contribution in [3.05, 3.63) is 66.1 Å². The van der Waals surface area contributed by atoms with Gasteiger partial charge in [-0.05, 0) is 62.1 Å². The van der Waals surface area contributed by atoms with E-state index in [2.05, 4.69) is 15.2 Å². The van der Waals surface area contributed by atoms with Crippen molar-refractivity contribution < 1.29 is 36.7 Å². The summed E-state index contributed by atoms with van der Waals surface area (Å²) in [5.74, 6) is -3.38. The van der Waals surface area contributed by atoms with E-state index in [4.69, 9.17) is 9.15 Å². The largest absolute Gasteiger partial charge is 0.467 e. The number of piperidine rings is 1. The van der Waals surface area contributed by atoms with Crippen LogP contribution in [0.2, 0.25) is 0 Å². The Bertz CT molecular complexity index is 1400. The summed E-state index contributed by atoms with van der Waals surface area (Å²) in [5, 5.41) is 2.47. The second-order valence-corrected chi connectivity index (χ2v) is 10.0. The summed E-state index contributed by atoms with van der Waals surface area (Å²) in [6, 6.07) is 14.2. The minimum absolute atomic E-state index is 0.0166. The quantitative estimate of drug-likeness (QED) is 0.416. The number of nitrogens with zero attached hydrogens (tertiary/aromatic N) is 3. The number of carbonyl (C=O) groups excluding carboxylic acids is 3. The lowest BCUT2D eigenvalue weighted by molar-refractivity contribution is -0.153. The molecule has 1 aromatic heterocycles. The number of anilines is 2. The highest BCUT2D eigenvalue weighted by molar-refractivity contribution is 6.04. The zero-order chi connectivity index (χ0) is 29.1. The molecule has 2 amide bonds. The third-order valence-electron chi connectivity index (χ3n) is 7.46. The number of aromatic nitrogens is 1. The van der Waals surface area contributed by atoms with E-state index in [-0.39, 0.29) is 23.7 Å². The maximum atomic E-state index is 13.6. The molecule has 0 radical (unpaired) electrons. The van der Waals surface area contributed by atoms with Gasteiger partial charge in [-0.2, -0.15) is 13.2 Å². The summed E-state index contributed by atoms with van der Waals surface area (Å²) >= 11 is 0. The van der Waals surface area contributed by atoms with Gasteiger partial charge in [-0.15, -0.1) is 0 Å². The molecule has 0 bridgehead atoms. The van der Waals surface area contributed by atoms with E-state index in [1.54, 1.807) is 47.4 Å². The number of oxazole rings is 1. The fourth-order valence-electron chi connectivity index (χ4n) is 5.35. The van der Waals surface area contributed by atoms with Gasteiger partial charge in [-0.25, -0.2) is 9.78 Å². The molecular formula is C29H29F3N4O5. The molecule has 9 nitrogen and oxygen atoms in total. The number of hydrogen-bond acceptors (Lipinski definition) is 7. The predicted molar refractivity (Wildman–Crippen MR) is 143 cm³/mol. The number of halogens is 3. The first-order valence-corrected chi connectivity index (χ1v) is 13.3. The van der Waals surface area contributed by atoms with E-state index < -0.39 is 29.6 Å². The zero-order valence-electron chi connectivity index (χ0n) is 22.3. The molecular weight excluding hydrogens is 541 g/mol. The lowest BCUT2D eigenvalue weighted by atomic mass is 9.94. The second kappa shape index (κ2) is 11.6. The lowest BCUT2D eigenvalue weighted by Crippen LogP contribution is -2.47. The van der Waals surface area contributed by atoms with Crippen LogP contribution in [0.1, 0.15) is 41.9 Å². The molecule has 2 aliphatic rings. The lowest BCUT2D eigenvalue weighted by Gasteiger charge is -2.35. The summed E-state index contributed by atoms with van der Waals surface area (Å²) < 4.78 is 50.6. The smallest absolute Gasteiger partial charge is 0.452 e. The number of ether oxygens (including phenoxy) is 1. The molecule has 0 spiro atoms. The summed E-state index contributed by atoms with van der Waals surface area (Å²) in [6.45, 7) is 1.79. The van der Waals surface area contributed by atoms with Gasteiger partial charge >= 0.3 is 12.1 Å². The SMILES string of the molecule is COC(=O)C1CCCN1C(=O)C1CCN(c2ccc(NC(=O)c3nc(-c4ccccc4)oc3C(F)(F)F)cc2)CC1. The Hall–Kier alpha value is -4.35. The van der Waals surface area contributed by atoms with Crippen molar-refractivity contribution in [1.82, 2.24) is 9.88 Å². The van der Waals surface area contributed by atoms with Crippen LogP contribution in [-0.4, -0.2) is 60.5 Å². The van der Waals surface area contributed by atoms with Gasteiger partial charge in [0, 0.05) is 42.5 Å². The first-order valence-electron chi connectivity index (χ1n) is 13.3. The molecule has 12 heteroatoms. The highest BCUT2D eigenvalue weighted by Crippen LogP contribution is 2.36. The number of rotatable bonds is 6. The van der Waals surface area contributed by atoms with Crippen molar-refractivity contribution in [3.8, 4) is 11.5 Å². The number of benzene rings is 2. The zero-order valence-corrected chi connectivity index (χ0v) is 22.3. The van der Waals surface area contributed by atoms with Crippen molar-refractivity contribution in [1.29, 1.82) is 0 Å². The van der Waals surface area contributed by atoms with Gasteiger partial charge in [0.2, 0.25) is 17.6 Å². The highest BCUT2D eigenvalue weighted by atomic mass is 19.4. The number of amides is 2. The minimum Gasteiger partial charge on any atom is -0.467 e. The Balaban J connectivity index is 1.21. The van der Waals surface area contributed by atoms with Gasteiger partial charge in [0.05, 0.1) is 7.11 Å². The number of likely N-dealkylation sites (tertiary alicyclic amines) is 1. The molecule has 2 saturated heterocycles. The van der Waals surface area contributed by atoms with Crippen LogP contribution in [0.3, 0.4) is 0 Å². The average Bonchev–Trinajstić information content (AvgIpc) is 3.66. The molecule has 1 N–H and O–H groups in total. The first-order chi connectivity index (χ1) is 19.7. The molecule has 3 heterocycles. The van der Waals surface area contributed by atoms with Gasteiger partial charge in [-0.1, -0.05) is 18.2 Å². The van der Waals surface area contributed by atoms with Gasteiger partial charge in [0.1, 0.15) is 6.04 Å². The molecule has 0 aliphatic carbocycles. The standard InChI is InChI=1S/C29H29F3N4O5/c1-40-28(39)22-8-5-15-36(22)27(38)19-13-16-35(17-14-19)21-11-9-20(10-12-21)33-25(37)23-24(29(30,31)32)41-26(34-23)18-6-3-2-4-7-18/h2-4,6-7,9-12,19,22H,5,8,13-17H2,1H3,(H,33,37). The van der Waals surface area contributed by atoms with Crippen molar-refractivity contribution >= 4 is 29.2 Å². The van der Waals surface area contributed by atoms with Crippen LogP contribution in [0.4, 0.5) is 24.5 Å². The van der Waals surface area contributed by atoms with E-state index in [1.165, 1.54) is 19.2 Å². The fourth-order valence-corrected chi connectivity index (χ4v) is 5.35. The molecule has 1 atom stereocenters. The normalized spacial score (nSPS) is 17.9. The summed E-state index contributed by atoms with van der Waals surface area (Å²) in [6.07, 6.45) is -2.27. The summed E-state index contributed by atoms with van der Waals surface area (Å²) in [7, 11) is 1.33. The molecule has 2 fully saturated rings. The number of esters is 1. The maximum Gasteiger partial charge on any atom is 0.452 e. The number of carbonyl (C=O) groups is 3. The topological polar surface area (TPSA) is 105 Å². The molecule has 0 saturated carbocycles. The molecule has 3 aromatic rings. The van der Waals surface area contributed by atoms with Gasteiger partial charge < -0.3 is 24.3 Å². The number of methoxy groups -OCH3 is 1. The third kappa shape index (κ3) is 6.06. The Kier molecular flexibility index (Phi) is 8.00. The second-order valence-electron chi connectivity index (χ2n) is 10.0. The molecule has 2 aliphatic heterocycles. The maximum absolute atomic E-state index is 13.6. The van der Waals surface area contributed by atoms with E-state index in [0.717, 1.165) is 12.1 Å². The molecule has 2 aromatic carbocycles. The van der Waals surface area contributed by atoms with Crippen molar-refractivity contribution in [2.45, 2.75) is 37.9 Å². The van der Waals surface area contributed by atoms with Crippen LogP contribution >= 0.6 is 0 Å². The van der Waals surface area contributed by atoms with Crippen LogP contribution in [0, 0.1) is 5.92 Å². The Labute approximate surface area is 234 Å². The van der Waals surface area contributed by atoms with E-state index in [1.807, 2.05) is 0 Å². The number of alkyl halides is 3. The van der Waals surface area contributed by atoms with Crippen molar-refractivity contribution in [2.75, 3.05) is 37.0 Å². The summed E-state index contributed by atoms with van der Waals surface area (Å²) in [5.41, 5.74) is 0.616. The van der Waals surface area contributed by atoms with Crippen LogP contribution in [0.15, 0.2) is 59.0 Å². The number of nitrogens with one attached hydrogen (secondary N) is 1. The Morgan fingerprint density at radius 2 is 1.66 bits per heavy atom. The van der Waals surface area contributed by atoms with Crippen LogP contribution < -0.4 is 10.2 Å². The Morgan fingerprint density at radius 3 is 2.29 bits per heavy atom. The van der Waals surface area contributed by atoms with E-state index in [0.29, 0.717) is 50.1 Å². The highest BCUT2D eigenvalue weighted by Gasteiger charge is 2.42. The monoisotopic (exact) mass is 570 g/mol. The predicted octanol–water partition coefficient (Wildman–Crippen LogP) is 4.99. The minimum atomic E-state index is -4.90. The number of hydrogen-bond donors (Lipinski definition) is 1. The van der Waals surface area contributed by atoms with Gasteiger partial charge in [-0.3, -0.25) is 9.59 Å². The fraction of sp³-hybridized carbons (Fsp3) is 0.379. The molecule has 5 rings (SSSR count). The van der Waals surface area contributed by atoms with Crippen LogP contribution in [-0.2, 0) is 20.5 Å². The summed E-state index contributed by atoms with van der Waals surface area (Å²) in [4.78, 5) is 45.5. The van der Waals surface area contributed by atoms with Gasteiger partial charge in [0.15, 0.2) is 5.69 Å². The van der Waals surface area contributed by atoms with E-state index >= 15 is 0 Å². The third-order valence-corrected chi connectivity index (χ3v) is 7.46. The van der Waals surface area contributed by atoms with Gasteiger partial charge in [0.25, 0.3) is 5.91 Å². The average molecular weight is 571 g/mol. The van der Waals surface area contributed by atoms with Crippen LogP contribution in [0.5, 0.6) is 0 Å². The molecule has 41 heavy (non-hydrogen) atoms. The van der Waals surface area contributed by atoms with E-state index in [9.17, 15) is 27.6 Å². The van der Waals surface area contributed by atoms with Crippen LogP contribution in [0.25, 0.3) is 11.5 Å².